The standard InChI is InChI=1S/C17H16ClNO5/c1-21-14-8-15(22-2)11(7-10(14)18)19-17(20)16-9-23-12-5-3-4-6-13(12)24-16/h3-8,16H,9H2,1-2H3,(H,19,20). The molecule has 126 valence electrons. The number of methoxy groups -OCH3 is 2. The lowest BCUT2D eigenvalue weighted by atomic mass is 10.2. The molecule has 0 fully saturated rings. The van der Waals surface area contributed by atoms with Gasteiger partial charge in [0.15, 0.2) is 11.5 Å². The molecule has 1 amide bonds. The van der Waals surface area contributed by atoms with Gasteiger partial charge in [-0.15, -0.1) is 0 Å². The molecule has 0 aromatic heterocycles. The summed E-state index contributed by atoms with van der Waals surface area (Å²) in [5.41, 5.74) is 0.427. The van der Waals surface area contributed by atoms with Crippen LogP contribution in [0.25, 0.3) is 0 Å². The summed E-state index contributed by atoms with van der Waals surface area (Å²) in [6.45, 7) is 0.120. The maximum Gasteiger partial charge on any atom is 0.269 e. The van der Waals surface area contributed by atoms with Crippen molar-refractivity contribution in [2.75, 3.05) is 26.1 Å². The van der Waals surface area contributed by atoms with E-state index in [1.54, 1.807) is 24.3 Å². The van der Waals surface area contributed by atoms with E-state index in [9.17, 15) is 4.79 Å². The lowest BCUT2D eigenvalue weighted by molar-refractivity contribution is -0.125. The number of fused-ring (bicyclic) bond motifs is 1. The zero-order valence-corrected chi connectivity index (χ0v) is 13.9. The Bertz CT molecular complexity index is 765. The van der Waals surface area contributed by atoms with Gasteiger partial charge in [0, 0.05) is 6.07 Å². The molecule has 1 aliphatic heterocycles. The molecule has 2 aromatic rings. The Hall–Kier alpha value is -2.60. The summed E-state index contributed by atoms with van der Waals surface area (Å²) in [5.74, 6) is 1.68. The fourth-order valence-corrected chi connectivity index (χ4v) is 2.56. The molecule has 1 aliphatic rings. The van der Waals surface area contributed by atoms with Crippen LogP contribution in [-0.2, 0) is 4.79 Å². The van der Waals surface area contributed by atoms with Crippen LogP contribution in [0.1, 0.15) is 0 Å². The first-order valence-electron chi connectivity index (χ1n) is 7.23. The molecule has 1 heterocycles. The van der Waals surface area contributed by atoms with Crippen LogP contribution in [0, 0.1) is 0 Å². The van der Waals surface area contributed by atoms with Crippen LogP contribution >= 0.6 is 11.6 Å². The molecule has 0 saturated heterocycles. The number of para-hydroxylation sites is 2. The maximum absolute atomic E-state index is 12.5. The fraction of sp³-hybridized carbons (Fsp3) is 0.235. The molecule has 3 rings (SSSR count). The molecule has 0 aliphatic carbocycles. The predicted octanol–water partition coefficient (Wildman–Crippen LogP) is 3.14. The molecule has 1 N–H and O–H groups in total. The Labute approximate surface area is 144 Å². The summed E-state index contributed by atoms with van der Waals surface area (Å²) >= 11 is 6.11. The molecule has 0 saturated carbocycles. The molecule has 7 heteroatoms. The smallest absolute Gasteiger partial charge is 0.269 e. The van der Waals surface area contributed by atoms with E-state index < -0.39 is 6.10 Å². The van der Waals surface area contributed by atoms with Gasteiger partial charge in [-0.3, -0.25) is 4.79 Å². The van der Waals surface area contributed by atoms with Crippen molar-refractivity contribution in [3.63, 3.8) is 0 Å². The normalized spacial score (nSPS) is 15.5. The SMILES string of the molecule is COc1cc(OC)c(NC(=O)C2COc3ccccc3O2)cc1Cl. The van der Waals surface area contributed by atoms with E-state index in [1.807, 2.05) is 12.1 Å². The van der Waals surface area contributed by atoms with Gasteiger partial charge in [-0.2, -0.15) is 0 Å². The quantitative estimate of drug-likeness (QED) is 0.918. The van der Waals surface area contributed by atoms with E-state index >= 15 is 0 Å². The molecule has 1 atom stereocenters. The van der Waals surface area contributed by atoms with Crippen molar-refractivity contribution in [3.05, 3.63) is 41.4 Å². The van der Waals surface area contributed by atoms with E-state index in [2.05, 4.69) is 5.32 Å². The van der Waals surface area contributed by atoms with Gasteiger partial charge in [0.2, 0.25) is 6.10 Å². The van der Waals surface area contributed by atoms with E-state index in [0.717, 1.165) is 0 Å². The highest BCUT2D eigenvalue weighted by Gasteiger charge is 2.28. The Kier molecular flexibility index (Phi) is 4.66. The van der Waals surface area contributed by atoms with Crippen molar-refractivity contribution in [2.24, 2.45) is 0 Å². The number of hydrogen-bond donors (Lipinski definition) is 1. The highest BCUT2D eigenvalue weighted by Crippen LogP contribution is 2.36. The van der Waals surface area contributed by atoms with Crippen LogP contribution in [0.5, 0.6) is 23.0 Å². The van der Waals surface area contributed by atoms with Gasteiger partial charge in [0.1, 0.15) is 18.1 Å². The third-order valence-electron chi connectivity index (χ3n) is 3.53. The highest BCUT2D eigenvalue weighted by atomic mass is 35.5. The van der Waals surface area contributed by atoms with Crippen LogP contribution in [0.3, 0.4) is 0 Å². The van der Waals surface area contributed by atoms with Gasteiger partial charge in [-0.25, -0.2) is 0 Å². The second-order valence-corrected chi connectivity index (χ2v) is 5.45. The van der Waals surface area contributed by atoms with E-state index in [4.69, 9.17) is 30.5 Å². The first-order valence-corrected chi connectivity index (χ1v) is 7.61. The van der Waals surface area contributed by atoms with Gasteiger partial charge in [-0.1, -0.05) is 23.7 Å². The number of rotatable bonds is 4. The number of benzene rings is 2. The predicted molar refractivity (Wildman–Crippen MR) is 89.5 cm³/mol. The zero-order chi connectivity index (χ0) is 17.1. The molecule has 0 bridgehead atoms. The summed E-state index contributed by atoms with van der Waals surface area (Å²) in [6, 6.07) is 10.4. The summed E-state index contributed by atoms with van der Waals surface area (Å²) in [4.78, 5) is 12.5. The third-order valence-corrected chi connectivity index (χ3v) is 3.83. The molecule has 0 spiro atoms. The Morgan fingerprint density at radius 1 is 1.17 bits per heavy atom. The number of halogens is 1. The monoisotopic (exact) mass is 349 g/mol. The van der Waals surface area contributed by atoms with Crippen LogP contribution in [0.4, 0.5) is 5.69 Å². The minimum atomic E-state index is -0.773. The molecular weight excluding hydrogens is 334 g/mol. The number of carbonyl (C=O) groups is 1. The lowest BCUT2D eigenvalue weighted by Gasteiger charge is -2.25. The van der Waals surface area contributed by atoms with Crippen LogP contribution in [0.2, 0.25) is 5.02 Å². The van der Waals surface area contributed by atoms with Crippen LogP contribution in [-0.4, -0.2) is 32.8 Å². The van der Waals surface area contributed by atoms with Crippen molar-refractivity contribution >= 4 is 23.2 Å². The van der Waals surface area contributed by atoms with Crippen molar-refractivity contribution < 1.29 is 23.7 Å². The van der Waals surface area contributed by atoms with E-state index in [-0.39, 0.29) is 12.5 Å². The number of nitrogens with one attached hydrogen (secondary N) is 1. The van der Waals surface area contributed by atoms with E-state index in [0.29, 0.717) is 33.7 Å². The third kappa shape index (κ3) is 3.19. The average Bonchev–Trinajstić information content (AvgIpc) is 2.61. The largest absolute Gasteiger partial charge is 0.495 e. The second-order valence-electron chi connectivity index (χ2n) is 5.04. The topological polar surface area (TPSA) is 66.0 Å². The molecule has 1 unspecified atom stereocenters. The summed E-state index contributed by atoms with van der Waals surface area (Å²) < 4.78 is 21.6. The van der Waals surface area contributed by atoms with E-state index in [1.165, 1.54) is 14.2 Å². The maximum atomic E-state index is 12.5. The Morgan fingerprint density at radius 2 is 1.88 bits per heavy atom. The minimum Gasteiger partial charge on any atom is -0.495 e. The Balaban J connectivity index is 1.77. The second kappa shape index (κ2) is 6.88. The number of carbonyl (C=O) groups excluding carboxylic acids is 1. The number of ether oxygens (including phenoxy) is 4. The fourth-order valence-electron chi connectivity index (χ4n) is 2.32. The summed E-state index contributed by atoms with van der Waals surface area (Å²) in [5, 5.41) is 3.11. The average molecular weight is 350 g/mol. The first kappa shape index (κ1) is 16.3. The molecular formula is C17H16ClNO5. The highest BCUT2D eigenvalue weighted by molar-refractivity contribution is 6.32. The van der Waals surface area contributed by atoms with Crippen LogP contribution < -0.4 is 24.3 Å². The minimum absolute atomic E-state index is 0.120. The molecule has 6 nitrogen and oxygen atoms in total. The number of anilines is 1. The van der Waals surface area contributed by atoms with Crippen molar-refractivity contribution in [2.45, 2.75) is 6.10 Å². The van der Waals surface area contributed by atoms with Crippen molar-refractivity contribution in [1.29, 1.82) is 0 Å². The van der Waals surface area contributed by atoms with Gasteiger partial charge < -0.3 is 24.3 Å². The molecule has 24 heavy (non-hydrogen) atoms. The van der Waals surface area contributed by atoms with Gasteiger partial charge in [0.25, 0.3) is 5.91 Å². The lowest BCUT2D eigenvalue weighted by Crippen LogP contribution is -2.40. The van der Waals surface area contributed by atoms with Gasteiger partial charge in [0.05, 0.1) is 24.9 Å². The summed E-state index contributed by atoms with van der Waals surface area (Å²) in [7, 11) is 3.00. The number of amides is 1. The van der Waals surface area contributed by atoms with Crippen molar-refractivity contribution in [3.8, 4) is 23.0 Å². The van der Waals surface area contributed by atoms with Crippen molar-refractivity contribution in [1.82, 2.24) is 0 Å². The van der Waals surface area contributed by atoms with Crippen LogP contribution in [0.15, 0.2) is 36.4 Å². The summed E-state index contributed by atoms with van der Waals surface area (Å²) in [6.07, 6.45) is -0.773. The zero-order valence-electron chi connectivity index (χ0n) is 13.2. The first-order chi connectivity index (χ1) is 11.6. The Morgan fingerprint density at radius 3 is 2.58 bits per heavy atom. The van der Waals surface area contributed by atoms with Gasteiger partial charge >= 0.3 is 0 Å². The molecule has 2 aromatic carbocycles. The number of hydrogen-bond acceptors (Lipinski definition) is 5. The molecule has 0 radical (unpaired) electrons. The van der Waals surface area contributed by atoms with Gasteiger partial charge in [-0.05, 0) is 18.2 Å².